The maximum atomic E-state index is 11.1. The van der Waals surface area contributed by atoms with E-state index < -0.39 is 6.09 Å². The van der Waals surface area contributed by atoms with Crippen molar-refractivity contribution in [2.75, 3.05) is 7.05 Å². The van der Waals surface area contributed by atoms with Crippen LogP contribution in [0, 0.1) is 0 Å². The van der Waals surface area contributed by atoms with Gasteiger partial charge in [-0.2, -0.15) is 4.73 Å². The summed E-state index contributed by atoms with van der Waals surface area (Å²) in [5.74, 6) is 0.680. The van der Waals surface area contributed by atoms with Crippen molar-refractivity contribution in [3.05, 3.63) is 54.1 Å². The van der Waals surface area contributed by atoms with Crippen LogP contribution in [0.4, 0.5) is 4.79 Å². The summed E-state index contributed by atoms with van der Waals surface area (Å²) in [4.78, 5) is 20.3. The standard InChI is InChI=1S/C12H13N3O2/c1-13-12(16)17-15-8-7-14-11(15)9-10-5-3-2-4-6-10/h2-8H,9H2,1H3,(H,13,16). The van der Waals surface area contributed by atoms with Crippen LogP contribution in [0.2, 0.25) is 0 Å². The Morgan fingerprint density at radius 3 is 2.88 bits per heavy atom. The van der Waals surface area contributed by atoms with Crippen LogP contribution in [0.15, 0.2) is 42.7 Å². The minimum Gasteiger partial charge on any atom is -0.323 e. The summed E-state index contributed by atoms with van der Waals surface area (Å²) in [6.07, 6.45) is 3.30. The Morgan fingerprint density at radius 1 is 1.41 bits per heavy atom. The maximum absolute atomic E-state index is 11.1. The molecule has 0 unspecified atom stereocenters. The average molecular weight is 231 g/mol. The molecule has 0 fully saturated rings. The van der Waals surface area contributed by atoms with Gasteiger partial charge in [0.25, 0.3) is 0 Å². The first-order chi connectivity index (χ1) is 8.29. The zero-order valence-corrected chi connectivity index (χ0v) is 9.46. The van der Waals surface area contributed by atoms with E-state index in [1.807, 2.05) is 30.3 Å². The number of hydrogen-bond donors (Lipinski definition) is 1. The number of rotatable bonds is 3. The van der Waals surface area contributed by atoms with E-state index in [4.69, 9.17) is 4.84 Å². The maximum Gasteiger partial charge on any atom is 0.431 e. The molecule has 5 nitrogen and oxygen atoms in total. The predicted molar refractivity (Wildman–Crippen MR) is 62.5 cm³/mol. The molecule has 5 heteroatoms. The Hall–Kier alpha value is -2.30. The molecule has 2 aromatic rings. The summed E-state index contributed by atoms with van der Waals surface area (Å²) in [6, 6.07) is 9.87. The smallest absolute Gasteiger partial charge is 0.323 e. The largest absolute Gasteiger partial charge is 0.431 e. The monoisotopic (exact) mass is 231 g/mol. The highest BCUT2D eigenvalue weighted by Gasteiger charge is 2.07. The number of nitrogens with one attached hydrogen (secondary N) is 1. The Kier molecular flexibility index (Phi) is 3.40. The van der Waals surface area contributed by atoms with E-state index in [1.165, 1.54) is 11.8 Å². The van der Waals surface area contributed by atoms with Crippen molar-refractivity contribution in [3.63, 3.8) is 0 Å². The van der Waals surface area contributed by atoms with E-state index in [2.05, 4.69) is 10.3 Å². The van der Waals surface area contributed by atoms with E-state index >= 15 is 0 Å². The lowest BCUT2D eigenvalue weighted by Crippen LogP contribution is -2.29. The molecule has 1 N–H and O–H groups in total. The molecule has 0 bridgehead atoms. The molecule has 88 valence electrons. The van der Waals surface area contributed by atoms with Gasteiger partial charge < -0.3 is 10.2 Å². The minimum atomic E-state index is -0.516. The van der Waals surface area contributed by atoms with Crippen molar-refractivity contribution in [2.24, 2.45) is 0 Å². The minimum absolute atomic E-state index is 0.516. The van der Waals surface area contributed by atoms with Crippen LogP contribution < -0.4 is 10.2 Å². The number of carbonyl (C=O) groups excluding carboxylic acids is 1. The fraction of sp³-hybridized carbons (Fsp3) is 0.167. The molecule has 0 aliphatic heterocycles. The van der Waals surface area contributed by atoms with Crippen molar-refractivity contribution >= 4 is 6.09 Å². The lowest BCUT2D eigenvalue weighted by Gasteiger charge is -2.07. The second-order valence-corrected chi connectivity index (χ2v) is 3.46. The Bertz CT molecular complexity index is 493. The molecule has 0 saturated heterocycles. The van der Waals surface area contributed by atoms with Gasteiger partial charge >= 0.3 is 6.09 Å². The molecular weight excluding hydrogens is 218 g/mol. The van der Waals surface area contributed by atoms with Gasteiger partial charge in [-0.05, 0) is 5.56 Å². The van der Waals surface area contributed by atoms with E-state index in [0.29, 0.717) is 12.2 Å². The number of carbonyl (C=O) groups is 1. The normalized spacial score (nSPS) is 9.94. The van der Waals surface area contributed by atoms with Crippen LogP contribution in [0.1, 0.15) is 11.4 Å². The second-order valence-electron chi connectivity index (χ2n) is 3.46. The molecule has 0 spiro atoms. The highest BCUT2D eigenvalue weighted by molar-refractivity contribution is 5.66. The van der Waals surface area contributed by atoms with Crippen LogP contribution in [-0.4, -0.2) is 22.9 Å². The third-order valence-electron chi connectivity index (χ3n) is 2.27. The Morgan fingerprint density at radius 2 is 2.18 bits per heavy atom. The summed E-state index contributed by atoms with van der Waals surface area (Å²) >= 11 is 0. The van der Waals surface area contributed by atoms with Crippen molar-refractivity contribution in [2.45, 2.75) is 6.42 Å². The number of amides is 1. The SMILES string of the molecule is CNC(=O)On1ccnc1Cc1ccccc1. The molecule has 1 aromatic carbocycles. The van der Waals surface area contributed by atoms with Crippen molar-refractivity contribution in [3.8, 4) is 0 Å². The van der Waals surface area contributed by atoms with Gasteiger partial charge in [0.15, 0.2) is 0 Å². The van der Waals surface area contributed by atoms with Crippen LogP contribution in [-0.2, 0) is 6.42 Å². The molecule has 2 rings (SSSR count). The van der Waals surface area contributed by atoms with Gasteiger partial charge in [0.1, 0.15) is 5.82 Å². The van der Waals surface area contributed by atoms with Crippen LogP contribution in [0.5, 0.6) is 0 Å². The highest BCUT2D eigenvalue weighted by Crippen LogP contribution is 2.06. The van der Waals surface area contributed by atoms with Crippen LogP contribution in [0.3, 0.4) is 0 Å². The van der Waals surface area contributed by atoms with Gasteiger partial charge in [-0.1, -0.05) is 30.3 Å². The second kappa shape index (κ2) is 5.16. The lowest BCUT2D eigenvalue weighted by atomic mass is 10.1. The van der Waals surface area contributed by atoms with E-state index in [9.17, 15) is 4.79 Å². The van der Waals surface area contributed by atoms with Crippen LogP contribution >= 0.6 is 0 Å². The highest BCUT2D eigenvalue weighted by atomic mass is 16.7. The molecule has 17 heavy (non-hydrogen) atoms. The molecule has 0 aliphatic rings. The summed E-state index contributed by atoms with van der Waals surface area (Å²) in [6.45, 7) is 0. The Labute approximate surface area is 99.0 Å². The number of nitrogens with zero attached hydrogens (tertiary/aromatic N) is 2. The predicted octanol–water partition coefficient (Wildman–Crippen LogP) is 1.24. The molecule has 0 radical (unpaired) electrons. The number of aromatic nitrogens is 2. The lowest BCUT2D eigenvalue weighted by molar-refractivity contribution is 0.131. The zero-order valence-electron chi connectivity index (χ0n) is 9.46. The van der Waals surface area contributed by atoms with Gasteiger partial charge in [-0.25, -0.2) is 9.78 Å². The molecule has 1 heterocycles. The molecule has 0 saturated carbocycles. The van der Waals surface area contributed by atoms with Gasteiger partial charge in [0.2, 0.25) is 0 Å². The van der Waals surface area contributed by atoms with Crippen LogP contribution in [0.25, 0.3) is 0 Å². The first kappa shape index (κ1) is 11.2. The number of benzene rings is 1. The first-order valence-electron chi connectivity index (χ1n) is 5.26. The van der Waals surface area contributed by atoms with Crippen molar-refractivity contribution in [1.29, 1.82) is 0 Å². The summed E-state index contributed by atoms with van der Waals surface area (Å²) in [7, 11) is 1.51. The molecule has 0 atom stereocenters. The quantitative estimate of drug-likeness (QED) is 0.864. The van der Waals surface area contributed by atoms with Gasteiger partial charge in [0, 0.05) is 19.7 Å². The fourth-order valence-electron chi connectivity index (χ4n) is 1.44. The third kappa shape index (κ3) is 2.84. The zero-order chi connectivity index (χ0) is 12.1. The summed E-state index contributed by atoms with van der Waals surface area (Å²) in [5, 5.41) is 2.38. The molecule has 1 aromatic heterocycles. The average Bonchev–Trinajstić information content (AvgIpc) is 2.78. The number of imidazole rings is 1. The van der Waals surface area contributed by atoms with Gasteiger partial charge in [-0.3, -0.25) is 0 Å². The van der Waals surface area contributed by atoms with E-state index in [0.717, 1.165) is 5.56 Å². The topological polar surface area (TPSA) is 56.1 Å². The van der Waals surface area contributed by atoms with Gasteiger partial charge in [0.05, 0.1) is 6.20 Å². The van der Waals surface area contributed by atoms with E-state index in [1.54, 1.807) is 12.4 Å². The van der Waals surface area contributed by atoms with Gasteiger partial charge in [-0.15, -0.1) is 0 Å². The first-order valence-corrected chi connectivity index (χ1v) is 5.26. The molecular formula is C12H13N3O2. The summed E-state index contributed by atoms with van der Waals surface area (Å²) in [5.41, 5.74) is 1.11. The van der Waals surface area contributed by atoms with Crippen molar-refractivity contribution < 1.29 is 9.63 Å². The molecule has 1 amide bonds. The summed E-state index contributed by atoms with van der Waals surface area (Å²) < 4.78 is 1.37. The Balaban J connectivity index is 2.12. The van der Waals surface area contributed by atoms with Crippen molar-refractivity contribution in [1.82, 2.24) is 15.0 Å². The third-order valence-corrected chi connectivity index (χ3v) is 2.27. The number of hydrogen-bond acceptors (Lipinski definition) is 3. The van der Waals surface area contributed by atoms with E-state index in [-0.39, 0.29) is 0 Å². The molecule has 0 aliphatic carbocycles. The fourth-order valence-corrected chi connectivity index (χ4v) is 1.44.